The first kappa shape index (κ1) is 15.2. The predicted molar refractivity (Wildman–Crippen MR) is 78.0 cm³/mol. The second kappa shape index (κ2) is 6.09. The van der Waals surface area contributed by atoms with Crippen molar-refractivity contribution in [2.45, 2.75) is 17.9 Å². The molecule has 0 amide bonds. The fraction of sp³-hybridized carbons (Fsp3) is 0.538. The van der Waals surface area contributed by atoms with E-state index < -0.39 is 10.0 Å². The number of ether oxygens (including phenoxy) is 1. The van der Waals surface area contributed by atoms with Gasteiger partial charge in [0.2, 0.25) is 10.0 Å². The maximum Gasteiger partial charge on any atom is 0.240 e. The zero-order chi connectivity index (χ0) is 14.8. The van der Waals surface area contributed by atoms with E-state index in [1.807, 2.05) is 7.05 Å². The van der Waals surface area contributed by atoms with E-state index in [1.54, 1.807) is 19.1 Å². The van der Waals surface area contributed by atoms with Crippen molar-refractivity contribution in [2.24, 2.45) is 0 Å². The van der Waals surface area contributed by atoms with Gasteiger partial charge in [0.1, 0.15) is 0 Å². The third-order valence-corrected chi connectivity index (χ3v) is 4.92. The Kier molecular flexibility index (Phi) is 4.64. The average Bonchev–Trinajstić information content (AvgIpc) is 2.36. The van der Waals surface area contributed by atoms with Gasteiger partial charge < -0.3 is 15.4 Å². The summed E-state index contributed by atoms with van der Waals surface area (Å²) in [5.41, 5.74) is 6.83. The molecule has 1 unspecified atom stereocenters. The molecule has 1 saturated heterocycles. The summed E-state index contributed by atoms with van der Waals surface area (Å²) >= 11 is 0. The van der Waals surface area contributed by atoms with Crippen LogP contribution in [0.2, 0.25) is 0 Å². The van der Waals surface area contributed by atoms with Crippen molar-refractivity contribution >= 4 is 15.7 Å². The van der Waals surface area contributed by atoms with E-state index in [1.165, 1.54) is 6.07 Å². The van der Waals surface area contributed by atoms with Crippen molar-refractivity contribution in [1.82, 2.24) is 9.62 Å². The topological polar surface area (TPSA) is 84.7 Å². The molecule has 0 aromatic heterocycles. The highest BCUT2D eigenvalue weighted by Gasteiger charge is 2.22. The maximum absolute atomic E-state index is 12.3. The number of aryl methyl sites for hydroxylation is 1. The van der Waals surface area contributed by atoms with Crippen LogP contribution in [0, 0.1) is 6.92 Å². The molecular weight excluding hydrogens is 278 g/mol. The second-order valence-electron chi connectivity index (χ2n) is 5.13. The number of nitrogens with one attached hydrogen (secondary N) is 1. The number of hydrogen-bond acceptors (Lipinski definition) is 5. The minimum atomic E-state index is -3.53. The summed E-state index contributed by atoms with van der Waals surface area (Å²) in [5, 5.41) is 0. The van der Waals surface area contributed by atoms with E-state index in [2.05, 4.69) is 9.62 Å². The van der Waals surface area contributed by atoms with E-state index in [9.17, 15) is 8.42 Å². The predicted octanol–water partition coefficient (Wildman–Crippen LogP) is 0.186. The van der Waals surface area contributed by atoms with Crippen LogP contribution in [0.3, 0.4) is 0 Å². The summed E-state index contributed by atoms with van der Waals surface area (Å²) < 4.78 is 32.7. The SMILES string of the molecule is Cc1cc(N)ccc1S(=O)(=O)NCC1CN(C)CCO1. The summed E-state index contributed by atoms with van der Waals surface area (Å²) in [4.78, 5) is 2.38. The third kappa shape index (κ3) is 3.69. The van der Waals surface area contributed by atoms with Crippen LogP contribution in [0.1, 0.15) is 5.56 Å². The maximum atomic E-state index is 12.3. The first-order valence-corrected chi connectivity index (χ1v) is 8.03. The van der Waals surface area contributed by atoms with Crippen LogP contribution in [-0.2, 0) is 14.8 Å². The Morgan fingerprint density at radius 2 is 2.25 bits per heavy atom. The van der Waals surface area contributed by atoms with Crippen molar-refractivity contribution < 1.29 is 13.2 Å². The number of anilines is 1. The largest absolute Gasteiger partial charge is 0.399 e. The number of morpholine rings is 1. The van der Waals surface area contributed by atoms with Gasteiger partial charge in [0, 0.05) is 25.3 Å². The number of hydrogen-bond donors (Lipinski definition) is 2. The second-order valence-corrected chi connectivity index (χ2v) is 6.87. The van der Waals surface area contributed by atoms with E-state index in [4.69, 9.17) is 10.5 Å². The van der Waals surface area contributed by atoms with E-state index in [-0.39, 0.29) is 17.5 Å². The van der Waals surface area contributed by atoms with E-state index in [0.717, 1.165) is 13.1 Å². The van der Waals surface area contributed by atoms with E-state index in [0.29, 0.717) is 17.9 Å². The van der Waals surface area contributed by atoms with Gasteiger partial charge in [-0.2, -0.15) is 0 Å². The number of likely N-dealkylation sites (N-methyl/N-ethyl adjacent to an activating group) is 1. The van der Waals surface area contributed by atoms with Gasteiger partial charge in [-0.1, -0.05) is 0 Å². The van der Waals surface area contributed by atoms with Crippen LogP contribution >= 0.6 is 0 Å². The molecule has 3 N–H and O–H groups in total. The fourth-order valence-corrected chi connectivity index (χ4v) is 3.54. The highest BCUT2D eigenvalue weighted by Crippen LogP contribution is 2.17. The molecule has 1 aliphatic rings. The Bertz CT molecular complexity index is 574. The van der Waals surface area contributed by atoms with Gasteiger partial charge in [-0.05, 0) is 37.7 Å². The molecule has 2 rings (SSSR count). The summed E-state index contributed by atoms with van der Waals surface area (Å²) in [6, 6.07) is 4.77. The monoisotopic (exact) mass is 299 g/mol. The van der Waals surface area contributed by atoms with Crippen molar-refractivity contribution in [3.8, 4) is 0 Å². The third-order valence-electron chi connectivity index (χ3n) is 3.33. The van der Waals surface area contributed by atoms with Crippen LogP contribution in [0.15, 0.2) is 23.1 Å². The minimum absolute atomic E-state index is 0.113. The first-order valence-electron chi connectivity index (χ1n) is 6.54. The molecule has 1 aromatic rings. The molecule has 1 fully saturated rings. The lowest BCUT2D eigenvalue weighted by Gasteiger charge is -2.30. The zero-order valence-electron chi connectivity index (χ0n) is 11.8. The summed E-state index contributed by atoms with van der Waals surface area (Å²) in [5.74, 6) is 0. The smallest absolute Gasteiger partial charge is 0.240 e. The summed E-state index contributed by atoms with van der Waals surface area (Å²) in [7, 11) is -1.53. The van der Waals surface area contributed by atoms with Crippen molar-refractivity contribution in [3.05, 3.63) is 23.8 Å². The molecule has 0 radical (unpaired) electrons. The summed E-state index contributed by atoms with van der Waals surface area (Å²) in [6.07, 6.45) is -0.113. The Balaban J connectivity index is 2.03. The van der Waals surface area contributed by atoms with Crippen LogP contribution in [0.5, 0.6) is 0 Å². The number of rotatable bonds is 4. The molecule has 1 atom stereocenters. The Hall–Kier alpha value is -1.15. The summed E-state index contributed by atoms with van der Waals surface area (Å²) in [6.45, 7) is 4.24. The van der Waals surface area contributed by atoms with Crippen LogP contribution < -0.4 is 10.5 Å². The molecule has 20 heavy (non-hydrogen) atoms. The molecule has 1 aromatic carbocycles. The molecule has 1 aliphatic heterocycles. The molecule has 0 bridgehead atoms. The fourth-order valence-electron chi connectivity index (χ4n) is 2.24. The average molecular weight is 299 g/mol. The van der Waals surface area contributed by atoms with Gasteiger partial charge >= 0.3 is 0 Å². The molecule has 6 nitrogen and oxygen atoms in total. The molecule has 0 spiro atoms. The Morgan fingerprint density at radius 1 is 1.50 bits per heavy atom. The quantitative estimate of drug-likeness (QED) is 0.775. The molecule has 0 saturated carbocycles. The normalized spacial score (nSPS) is 21.0. The number of sulfonamides is 1. The van der Waals surface area contributed by atoms with Gasteiger partial charge in [-0.3, -0.25) is 0 Å². The van der Waals surface area contributed by atoms with E-state index >= 15 is 0 Å². The van der Waals surface area contributed by atoms with Crippen molar-refractivity contribution in [1.29, 1.82) is 0 Å². The van der Waals surface area contributed by atoms with Gasteiger partial charge in [0.05, 0.1) is 17.6 Å². The molecule has 0 aliphatic carbocycles. The van der Waals surface area contributed by atoms with Gasteiger partial charge in [-0.15, -0.1) is 0 Å². The lowest BCUT2D eigenvalue weighted by molar-refractivity contribution is -0.0156. The number of nitrogens with zero attached hydrogens (tertiary/aromatic N) is 1. The number of nitrogens with two attached hydrogens (primary N) is 1. The zero-order valence-corrected chi connectivity index (χ0v) is 12.6. The van der Waals surface area contributed by atoms with Crippen LogP contribution in [-0.4, -0.2) is 52.7 Å². The highest BCUT2D eigenvalue weighted by atomic mass is 32.2. The number of benzene rings is 1. The molecule has 1 heterocycles. The van der Waals surface area contributed by atoms with Crippen molar-refractivity contribution in [3.63, 3.8) is 0 Å². The standard InChI is InChI=1S/C13H21N3O3S/c1-10-7-11(14)3-4-13(10)20(17,18)15-8-12-9-16(2)5-6-19-12/h3-4,7,12,15H,5-6,8-9,14H2,1-2H3. The Morgan fingerprint density at radius 3 is 2.90 bits per heavy atom. The molecular formula is C13H21N3O3S. The van der Waals surface area contributed by atoms with Crippen molar-refractivity contribution in [2.75, 3.05) is 39.0 Å². The Labute approximate surface area is 120 Å². The minimum Gasteiger partial charge on any atom is -0.399 e. The lowest BCUT2D eigenvalue weighted by Crippen LogP contribution is -2.45. The van der Waals surface area contributed by atoms with Crippen LogP contribution in [0.4, 0.5) is 5.69 Å². The van der Waals surface area contributed by atoms with Crippen LogP contribution in [0.25, 0.3) is 0 Å². The first-order chi connectivity index (χ1) is 9.38. The van der Waals surface area contributed by atoms with Gasteiger partial charge in [0.15, 0.2) is 0 Å². The van der Waals surface area contributed by atoms with Gasteiger partial charge in [-0.25, -0.2) is 13.1 Å². The van der Waals surface area contributed by atoms with Gasteiger partial charge in [0.25, 0.3) is 0 Å². The highest BCUT2D eigenvalue weighted by molar-refractivity contribution is 7.89. The molecule has 7 heteroatoms. The lowest BCUT2D eigenvalue weighted by atomic mass is 10.2. The molecule has 112 valence electrons. The number of nitrogen functional groups attached to an aromatic ring is 1.